The van der Waals surface area contributed by atoms with Crippen molar-refractivity contribution in [2.24, 2.45) is 0 Å². The SMILES string of the molecule is C=CC.CC.CC(=O)C1(c2ccccc2)CCN(CC(=O)NCC(Cc2cccnc2)c2ccccc2)CC1. The number of carbonyl (C=O) groups excluding carboxylic acids is 2. The molecule has 1 aliphatic rings. The average Bonchev–Trinajstić information content (AvgIpc) is 2.98. The number of allylic oxidation sites excluding steroid dienone is 1. The van der Waals surface area contributed by atoms with Gasteiger partial charge in [-0.2, -0.15) is 0 Å². The van der Waals surface area contributed by atoms with Crippen LogP contribution < -0.4 is 5.32 Å². The molecule has 0 bridgehead atoms. The molecule has 39 heavy (non-hydrogen) atoms. The number of hydrogen-bond acceptors (Lipinski definition) is 4. The molecular formula is C34H45N3O2. The third-order valence-electron chi connectivity index (χ3n) is 7.10. The minimum atomic E-state index is -0.434. The van der Waals surface area contributed by atoms with Gasteiger partial charge in [0.15, 0.2) is 0 Å². The van der Waals surface area contributed by atoms with Gasteiger partial charge in [0.2, 0.25) is 5.91 Å². The number of carbonyl (C=O) groups is 2. The molecule has 5 heteroatoms. The summed E-state index contributed by atoms with van der Waals surface area (Å²) >= 11 is 0. The monoisotopic (exact) mass is 527 g/mol. The first-order valence-electron chi connectivity index (χ1n) is 14.0. The first-order valence-corrected chi connectivity index (χ1v) is 14.0. The number of benzene rings is 2. The second kappa shape index (κ2) is 17.1. The summed E-state index contributed by atoms with van der Waals surface area (Å²) in [4.78, 5) is 31.8. The Morgan fingerprint density at radius 1 is 1.00 bits per heavy atom. The lowest BCUT2D eigenvalue weighted by Crippen LogP contribution is -2.49. The van der Waals surface area contributed by atoms with E-state index in [-0.39, 0.29) is 17.6 Å². The molecule has 1 saturated heterocycles. The third-order valence-corrected chi connectivity index (χ3v) is 7.10. The zero-order valence-corrected chi connectivity index (χ0v) is 24.1. The summed E-state index contributed by atoms with van der Waals surface area (Å²) in [7, 11) is 0. The molecule has 3 aromatic rings. The van der Waals surface area contributed by atoms with Crippen LogP contribution >= 0.6 is 0 Å². The molecular weight excluding hydrogens is 482 g/mol. The zero-order chi connectivity index (χ0) is 28.5. The second-order valence-electron chi connectivity index (χ2n) is 9.67. The van der Waals surface area contributed by atoms with E-state index in [0.29, 0.717) is 13.1 Å². The predicted octanol–water partition coefficient (Wildman–Crippen LogP) is 6.37. The number of amides is 1. The number of ketones is 1. The molecule has 1 aromatic heterocycles. The van der Waals surface area contributed by atoms with Gasteiger partial charge >= 0.3 is 0 Å². The van der Waals surface area contributed by atoms with Crippen LogP contribution in [0.2, 0.25) is 0 Å². The number of hydrogen-bond donors (Lipinski definition) is 1. The van der Waals surface area contributed by atoms with E-state index in [9.17, 15) is 9.59 Å². The maximum absolute atomic E-state index is 12.8. The topological polar surface area (TPSA) is 62.3 Å². The number of likely N-dealkylation sites (tertiary alicyclic amines) is 1. The minimum absolute atomic E-state index is 0.0298. The smallest absolute Gasteiger partial charge is 0.234 e. The maximum atomic E-state index is 12.8. The van der Waals surface area contributed by atoms with Crippen LogP contribution in [0.3, 0.4) is 0 Å². The van der Waals surface area contributed by atoms with Crippen molar-refractivity contribution in [1.82, 2.24) is 15.2 Å². The van der Waals surface area contributed by atoms with Gasteiger partial charge in [0.1, 0.15) is 5.78 Å². The molecule has 5 nitrogen and oxygen atoms in total. The van der Waals surface area contributed by atoms with Crippen LogP contribution in [-0.4, -0.2) is 47.8 Å². The lowest BCUT2D eigenvalue weighted by atomic mass is 9.70. The van der Waals surface area contributed by atoms with E-state index in [1.54, 1.807) is 19.2 Å². The van der Waals surface area contributed by atoms with E-state index in [2.05, 4.69) is 52.1 Å². The van der Waals surface area contributed by atoms with E-state index in [1.165, 1.54) is 5.56 Å². The molecule has 2 heterocycles. The van der Waals surface area contributed by atoms with E-state index < -0.39 is 5.41 Å². The van der Waals surface area contributed by atoms with Crippen molar-refractivity contribution in [2.45, 2.75) is 58.3 Å². The first kappa shape index (κ1) is 31.6. The van der Waals surface area contributed by atoms with Crippen LogP contribution in [0.5, 0.6) is 0 Å². The first-order chi connectivity index (χ1) is 19.0. The zero-order valence-electron chi connectivity index (χ0n) is 24.1. The van der Waals surface area contributed by atoms with Crippen LogP contribution in [0.25, 0.3) is 0 Å². The van der Waals surface area contributed by atoms with E-state index in [1.807, 2.05) is 69.4 Å². The van der Waals surface area contributed by atoms with Crippen LogP contribution in [-0.2, 0) is 21.4 Å². The second-order valence-corrected chi connectivity index (χ2v) is 9.67. The van der Waals surface area contributed by atoms with Gasteiger partial charge in [-0.05, 0) is 69.0 Å². The molecule has 4 rings (SSSR count). The molecule has 1 aliphatic heterocycles. The highest BCUT2D eigenvalue weighted by Gasteiger charge is 2.40. The quantitative estimate of drug-likeness (QED) is 0.329. The number of nitrogens with zero attached hydrogens (tertiary/aromatic N) is 2. The van der Waals surface area contributed by atoms with Crippen LogP contribution in [0.4, 0.5) is 0 Å². The molecule has 0 spiro atoms. The van der Waals surface area contributed by atoms with Gasteiger partial charge in [0, 0.05) is 24.9 Å². The molecule has 1 fully saturated rings. The van der Waals surface area contributed by atoms with Gasteiger partial charge in [-0.3, -0.25) is 19.5 Å². The summed E-state index contributed by atoms with van der Waals surface area (Å²) in [5, 5.41) is 3.16. The van der Waals surface area contributed by atoms with Crippen LogP contribution in [0.1, 0.15) is 63.1 Å². The van der Waals surface area contributed by atoms with Gasteiger partial charge in [0.05, 0.1) is 12.0 Å². The van der Waals surface area contributed by atoms with Gasteiger partial charge in [-0.15, -0.1) is 6.58 Å². The molecule has 1 amide bonds. The number of piperidine rings is 1. The summed E-state index contributed by atoms with van der Waals surface area (Å²) < 4.78 is 0. The van der Waals surface area contributed by atoms with Crippen molar-refractivity contribution < 1.29 is 9.59 Å². The molecule has 1 atom stereocenters. The van der Waals surface area contributed by atoms with E-state index >= 15 is 0 Å². The molecule has 2 aromatic carbocycles. The Hall–Kier alpha value is -3.57. The number of rotatable bonds is 9. The normalized spacial score (nSPS) is 14.9. The van der Waals surface area contributed by atoms with Crippen molar-refractivity contribution >= 4 is 11.7 Å². The Morgan fingerprint density at radius 3 is 2.13 bits per heavy atom. The highest BCUT2D eigenvalue weighted by atomic mass is 16.2. The lowest BCUT2D eigenvalue weighted by Gasteiger charge is -2.40. The summed E-state index contributed by atoms with van der Waals surface area (Å²) in [6, 6.07) is 24.4. The Labute approximate surface area is 235 Å². The summed E-state index contributed by atoms with van der Waals surface area (Å²) in [5.41, 5.74) is 3.02. The molecule has 1 N–H and O–H groups in total. The van der Waals surface area contributed by atoms with Crippen LogP contribution in [0, 0.1) is 0 Å². The van der Waals surface area contributed by atoms with Crippen LogP contribution in [0.15, 0.2) is 97.8 Å². The molecule has 208 valence electrons. The minimum Gasteiger partial charge on any atom is -0.354 e. The summed E-state index contributed by atoms with van der Waals surface area (Å²) in [6.07, 6.45) is 7.72. The van der Waals surface area contributed by atoms with E-state index in [0.717, 1.165) is 43.5 Å². The average molecular weight is 528 g/mol. The fourth-order valence-corrected chi connectivity index (χ4v) is 5.03. The van der Waals surface area contributed by atoms with Crippen molar-refractivity contribution in [1.29, 1.82) is 0 Å². The van der Waals surface area contributed by atoms with Gasteiger partial charge < -0.3 is 5.32 Å². The molecule has 0 saturated carbocycles. The van der Waals surface area contributed by atoms with Crippen molar-refractivity contribution in [3.8, 4) is 0 Å². The van der Waals surface area contributed by atoms with Crippen molar-refractivity contribution in [3.63, 3.8) is 0 Å². The largest absolute Gasteiger partial charge is 0.354 e. The highest BCUT2D eigenvalue weighted by molar-refractivity contribution is 5.88. The molecule has 0 aliphatic carbocycles. The van der Waals surface area contributed by atoms with Gasteiger partial charge in [0.25, 0.3) is 0 Å². The Morgan fingerprint density at radius 2 is 1.59 bits per heavy atom. The molecule has 0 radical (unpaired) electrons. The number of Topliss-reactive ketones (excluding diaryl/α,β-unsaturated/α-hetero) is 1. The van der Waals surface area contributed by atoms with E-state index in [4.69, 9.17) is 0 Å². The van der Waals surface area contributed by atoms with Crippen molar-refractivity contribution in [2.75, 3.05) is 26.2 Å². The number of nitrogens with one attached hydrogen (secondary N) is 1. The van der Waals surface area contributed by atoms with Crippen molar-refractivity contribution in [3.05, 3.63) is 115 Å². The molecule has 1 unspecified atom stereocenters. The lowest BCUT2D eigenvalue weighted by molar-refractivity contribution is -0.125. The highest BCUT2D eigenvalue weighted by Crippen LogP contribution is 2.36. The standard InChI is InChI=1S/C29H33N3O2.C3H6.C2H6/c1-23(33)29(27-12-6-3-7-13-27)14-17-32(18-15-29)22-28(34)31-21-26(25-10-4-2-5-11-25)19-24-9-8-16-30-20-24;1-3-2;1-2/h2-13,16,20,26H,14-15,17-19,21-22H2,1H3,(H,31,34);3H,1H2,2H3;1-2H3. The fourth-order valence-electron chi connectivity index (χ4n) is 5.03. The number of pyridine rings is 1. The van der Waals surface area contributed by atoms with Gasteiger partial charge in [-0.25, -0.2) is 0 Å². The summed E-state index contributed by atoms with van der Waals surface area (Å²) in [5.74, 6) is 0.421. The Kier molecular flexibility index (Phi) is 13.9. The summed E-state index contributed by atoms with van der Waals surface area (Å²) in [6.45, 7) is 13.4. The third kappa shape index (κ3) is 9.60. The Bertz CT molecular complexity index is 1110. The van der Waals surface area contributed by atoms with Gasteiger partial charge in [-0.1, -0.05) is 86.7 Å². The predicted molar refractivity (Wildman–Crippen MR) is 162 cm³/mol. The maximum Gasteiger partial charge on any atom is 0.234 e. The number of aromatic nitrogens is 1. The Balaban J connectivity index is 0.000000998. The fraction of sp³-hybridized carbons (Fsp3) is 0.382.